The summed E-state index contributed by atoms with van der Waals surface area (Å²) in [4.78, 5) is 11.9. The zero-order valence-corrected chi connectivity index (χ0v) is 15.0. The van der Waals surface area contributed by atoms with Crippen LogP contribution in [0, 0.1) is 0 Å². The summed E-state index contributed by atoms with van der Waals surface area (Å²) in [6.07, 6.45) is 0.382. The van der Waals surface area contributed by atoms with Gasteiger partial charge in [-0.15, -0.1) is 5.10 Å². The van der Waals surface area contributed by atoms with Crippen molar-refractivity contribution >= 4 is 39.3 Å². The van der Waals surface area contributed by atoms with Gasteiger partial charge < -0.3 is 5.32 Å². The maximum atomic E-state index is 11.9. The number of para-hydroxylation sites is 1. The Labute approximate surface area is 151 Å². The van der Waals surface area contributed by atoms with E-state index in [0.717, 1.165) is 15.8 Å². The fourth-order valence-corrected chi connectivity index (χ4v) is 3.09. The van der Waals surface area contributed by atoms with Crippen molar-refractivity contribution in [3.8, 4) is 5.69 Å². The van der Waals surface area contributed by atoms with Crippen LogP contribution in [0.15, 0.2) is 64.2 Å². The molecule has 6 nitrogen and oxygen atoms in total. The Bertz CT molecular complexity index is 807. The molecular weight excluding hydrogens is 390 g/mol. The van der Waals surface area contributed by atoms with Crippen molar-refractivity contribution in [2.45, 2.75) is 11.6 Å². The van der Waals surface area contributed by atoms with E-state index in [0.29, 0.717) is 17.3 Å². The fourth-order valence-electron chi connectivity index (χ4n) is 1.99. The van der Waals surface area contributed by atoms with E-state index in [9.17, 15) is 4.79 Å². The van der Waals surface area contributed by atoms with Gasteiger partial charge in [-0.25, -0.2) is 0 Å². The Kier molecular flexibility index (Phi) is 5.60. The van der Waals surface area contributed by atoms with Crippen LogP contribution in [0.5, 0.6) is 0 Å². The van der Waals surface area contributed by atoms with Crippen molar-refractivity contribution in [3.63, 3.8) is 0 Å². The normalized spacial score (nSPS) is 10.5. The number of halogens is 1. The van der Waals surface area contributed by atoms with Gasteiger partial charge in [0.1, 0.15) is 0 Å². The molecule has 0 aliphatic carbocycles. The smallest absolute Gasteiger partial charge is 0.225 e. The van der Waals surface area contributed by atoms with Crippen LogP contribution in [0.2, 0.25) is 0 Å². The van der Waals surface area contributed by atoms with Gasteiger partial charge in [-0.3, -0.25) is 4.79 Å². The third-order valence-corrected chi connectivity index (χ3v) is 4.58. The van der Waals surface area contributed by atoms with Gasteiger partial charge in [0.2, 0.25) is 11.1 Å². The van der Waals surface area contributed by atoms with E-state index in [2.05, 4.69) is 36.8 Å². The summed E-state index contributed by atoms with van der Waals surface area (Å²) < 4.78 is 2.65. The average Bonchev–Trinajstić information content (AvgIpc) is 3.05. The van der Waals surface area contributed by atoms with Crippen LogP contribution < -0.4 is 5.32 Å². The highest BCUT2D eigenvalue weighted by molar-refractivity contribution is 9.10. The van der Waals surface area contributed by atoms with E-state index in [1.54, 1.807) is 4.68 Å². The first-order valence-electron chi connectivity index (χ1n) is 7.24. The van der Waals surface area contributed by atoms with Crippen LogP contribution in [0.4, 0.5) is 5.69 Å². The zero-order chi connectivity index (χ0) is 16.8. The number of aromatic nitrogens is 4. The molecule has 0 aliphatic heterocycles. The summed E-state index contributed by atoms with van der Waals surface area (Å²) in [5.41, 5.74) is 1.67. The minimum atomic E-state index is -0.0311. The topological polar surface area (TPSA) is 72.7 Å². The minimum Gasteiger partial charge on any atom is -0.326 e. The quantitative estimate of drug-likeness (QED) is 0.637. The molecule has 0 saturated heterocycles. The Morgan fingerprint density at radius 2 is 1.88 bits per heavy atom. The highest BCUT2D eigenvalue weighted by atomic mass is 79.9. The molecule has 0 spiro atoms. The minimum absolute atomic E-state index is 0.0311. The van der Waals surface area contributed by atoms with E-state index in [4.69, 9.17) is 0 Å². The molecule has 122 valence electrons. The summed E-state index contributed by atoms with van der Waals surface area (Å²) in [5, 5.41) is 15.2. The summed E-state index contributed by atoms with van der Waals surface area (Å²) in [6.45, 7) is 0. The number of amides is 1. The number of carbonyl (C=O) groups excluding carboxylic acids is 1. The molecule has 0 unspecified atom stereocenters. The summed E-state index contributed by atoms with van der Waals surface area (Å²) in [7, 11) is 0. The number of rotatable bonds is 6. The molecule has 3 aromatic rings. The van der Waals surface area contributed by atoms with Gasteiger partial charge in [0.25, 0.3) is 0 Å². The van der Waals surface area contributed by atoms with Crippen LogP contribution in [0.1, 0.15) is 6.42 Å². The third kappa shape index (κ3) is 4.42. The van der Waals surface area contributed by atoms with Gasteiger partial charge >= 0.3 is 0 Å². The number of anilines is 1. The zero-order valence-electron chi connectivity index (χ0n) is 12.6. The van der Waals surface area contributed by atoms with Gasteiger partial charge in [-0.05, 0) is 46.8 Å². The number of hydrogen-bond donors (Lipinski definition) is 1. The number of tetrazole rings is 1. The molecule has 8 heteroatoms. The van der Waals surface area contributed by atoms with Crippen LogP contribution in [-0.4, -0.2) is 31.9 Å². The largest absolute Gasteiger partial charge is 0.326 e. The maximum Gasteiger partial charge on any atom is 0.225 e. The van der Waals surface area contributed by atoms with Crippen molar-refractivity contribution in [2.24, 2.45) is 0 Å². The van der Waals surface area contributed by atoms with Crippen LogP contribution in [-0.2, 0) is 4.79 Å². The lowest BCUT2D eigenvalue weighted by molar-refractivity contribution is -0.115. The van der Waals surface area contributed by atoms with Crippen molar-refractivity contribution in [2.75, 3.05) is 11.1 Å². The predicted molar refractivity (Wildman–Crippen MR) is 97.3 cm³/mol. The third-order valence-electron chi connectivity index (χ3n) is 3.13. The SMILES string of the molecule is O=C(CCSc1nnnn1-c1ccc(Br)cc1)Nc1ccccc1. The lowest BCUT2D eigenvalue weighted by Crippen LogP contribution is -2.12. The lowest BCUT2D eigenvalue weighted by Gasteiger charge is -2.05. The number of hydrogen-bond acceptors (Lipinski definition) is 5. The second kappa shape index (κ2) is 8.07. The molecule has 1 aromatic heterocycles. The number of nitrogens with one attached hydrogen (secondary N) is 1. The monoisotopic (exact) mass is 403 g/mol. The molecule has 1 amide bonds. The van der Waals surface area contributed by atoms with Gasteiger partial charge in [-0.1, -0.05) is 45.9 Å². The van der Waals surface area contributed by atoms with Crippen molar-refractivity contribution in [3.05, 3.63) is 59.1 Å². The predicted octanol–water partition coefficient (Wildman–Crippen LogP) is 3.55. The Morgan fingerprint density at radius 1 is 1.12 bits per heavy atom. The number of nitrogens with zero attached hydrogens (tertiary/aromatic N) is 4. The molecule has 0 bridgehead atoms. The average molecular weight is 404 g/mol. The van der Waals surface area contributed by atoms with Gasteiger partial charge in [-0.2, -0.15) is 4.68 Å². The van der Waals surface area contributed by atoms with E-state index in [1.165, 1.54) is 11.8 Å². The standard InChI is InChI=1S/C16H14BrN5OS/c17-12-6-8-14(9-7-12)22-16(19-20-21-22)24-11-10-15(23)18-13-4-2-1-3-5-13/h1-9H,10-11H2,(H,18,23). The second-order valence-electron chi connectivity index (χ2n) is 4.86. The molecule has 0 saturated carbocycles. The van der Waals surface area contributed by atoms with Crippen LogP contribution >= 0.6 is 27.7 Å². The first-order valence-corrected chi connectivity index (χ1v) is 9.02. The molecule has 0 fully saturated rings. The van der Waals surface area contributed by atoms with E-state index >= 15 is 0 Å². The van der Waals surface area contributed by atoms with E-state index in [-0.39, 0.29) is 5.91 Å². The Hall–Kier alpha value is -2.19. The highest BCUT2D eigenvalue weighted by Crippen LogP contribution is 2.20. The molecule has 24 heavy (non-hydrogen) atoms. The molecule has 0 atom stereocenters. The molecule has 1 heterocycles. The molecule has 2 aromatic carbocycles. The fraction of sp³-hybridized carbons (Fsp3) is 0.125. The van der Waals surface area contributed by atoms with Gasteiger partial charge in [0.05, 0.1) is 5.69 Å². The maximum absolute atomic E-state index is 11.9. The first kappa shape index (κ1) is 16.7. The van der Waals surface area contributed by atoms with Crippen molar-refractivity contribution in [1.29, 1.82) is 0 Å². The van der Waals surface area contributed by atoms with Crippen molar-refractivity contribution < 1.29 is 4.79 Å². The molecule has 1 N–H and O–H groups in total. The number of benzene rings is 2. The summed E-state index contributed by atoms with van der Waals surface area (Å²) in [5.74, 6) is 0.562. The Balaban J connectivity index is 1.55. The molecule has 3 rings (SSSR count). The number of thioether (sulfide) groups is 1. The molecular formula is C16H14BrN5OS. The summed E-state index contributed by atoms with van der Waals surface area (Å²) in [6, 6.07) is 17.1. The molecule has 0 aliphatic rings. The van der Waals surface area contributed by atoms with Gasteiger partial charge in [0, 0.05) is 22.3 Å². The van der Waals surface area contributed by atoms with E-state index < -0.39 is 0 Å². The lowest BCUT2D eigenvalue weighted by atomic mass is 10.3. The van der Waals surface area contributed by atoms with E-state index in [1.807, 2.05) is 54.6 Å². The van der Waals surface area contributed by atoms with Gasteiger partial charge in [0.15, 0.2) is 0 Å². The van der Waals surface area contributed by atoms with Crippen LogP contribution in [0.25, 0.3) is 5.69 Å². The van der Waals surface area contributed by atoms with Crippen molar-refractivity contribution in [1.82, 2.24) is 20.2 Å². The number of carbonyl (C=O) groups is 1. The molecule has 0 radical (unpaired) electrons. The summed E-state index contributed by atoms with van der Waals surface area (Å²) >= 11 is 4.85. The first-order chi connectivity index (χ1) is 11.7. The van der Waals surface area contributed by atoms with Crippen LogP contribution in [0.3, 0.4) is 0 Å². The Morgan fingerprint density at radius 3 is 2.62 bits per heavy atom. The highest BCUT2D eigenvalue weighted by Gasteiger charge is 2.10. The second-order valence-corrected chi connectivity index (χ2v) is 6.84.